The van der Waals surface area contributed by atoms with Gasteiger partial charge in [-0.15, -0.1) is 10.2 Å². The molecule has 118 valence electrons. The molecule has 2 aromatic rings. The molecular formula is C13H20N8O. The topological polar surface area (TPSA) is 86.8 Å². The van der Waals surface area contributed by atoms with Crippen LogP contribution in [0.15, 0.2) is 6.20 Å². The van der Waals surface area contributed by atoms with Crippen LogP contribution in [0.25, 0.3) is 0 Å². The molecule has 4 heterocycles. The second-order valence-electron chi connectivity index (χ2n) is 5.98. The molecule has 0 radical (unpaired) electrons. The monoisotopic (exact) mass is 304 g/mol. The van der Waals surface area contributed by atoms with Gasteiger partial charge in [0.15, 0.2) is 0 Å². The third-order valence-corrected chi connectivity index (χ3v) is 4.57. The van der Waals surface area contributed by atoms with Crippen molar-refractivity contribution in [3.63, 3.8) is 0 Å². The van der Waals surface area contributed by atoms with Crippen molar-refractivity contribution in [3.05, 3.63) is 17.7 Å². The Labute approximate surface area is 128 Å². The molecule has 9 heteroatoms. The molecule has 9 nitrogen and oxygen atoms in total. The largest absolute Gasteiger partial charge is 0.368 e. The standard InChI is InChI=1S/C13H20N8O/c1-10-15-16-18-20(10)5-2-4-19-6-3-12-13(8-19)22-9-11-7-14-17-21(11)12/h7,12-13H,2-6,8-9H2,1H3/t12-,13-/m0/s1. The molecule has 0 bridgehead atoms. The summed E-state index contributed by atoms with van der Waals surface area (Å²) in [6.07, 6.45) is 4.12. The fourth-order valence-corrected chi connectivity index (χ4v) is 3.35. The van der Waals surface area contributed by atoms with Gasteiger partial charge in [0.05, 0.1) is 30.6 Å². The van der Waals surface area contributed by atoms with Crippen molar-refractivity contribution in [2.24, 2.45) is 0 Å². The summed E-state index contributed by atoms with van der Waals surface area (Å²) >= 11 is 0. The SMILES string of the molecule is Cc1nnnn1CCCN1CC[C@H]2[C@H](C1)OCc1cnnn12. The first-order valence-electron chi connectivity index (χ1n) is 7.77. The third kappa shape index (κ3) is 2.50. The Kier molecular flexibility index (Phi) is 3.59. The molecule has 22 heavy (non-hydrogen) atoms. The number of likely N-dealkylation sites (tertiary alicyclic amines) is 1. The van der Waals surface area contributed by atoms with E-state index in [1.54, 1.807) is 6.20 Å². The van der Waals surface area contributed by atoms with Gasteiger partial charge >= 0.3 is 0 Å². The maximum Gasteiger partial charge on any atom is 0.148 e. The van der Waals surface area contributed by atoms with E-state index < -0.39 is 0 Å². The number of ether oxygens (including phenoxy) is 1. The fraction of sp³-hybridized carbons (Fsp3) is 0.769. The minimum atomic E-state index is 0.220. The lowest BCUT2D eigenvalue weighted by molar-refractivity contribution is -0.0690. The molecule has 0 aliphatic carbocycles. The molecular weight excluding hydrogens is 284 g/mol. The average Bonchev–Trinajstić information content (AvgIpc) is 3.16. The Morgan fingerprint density at radius 1 is 1.32 bits per heavy atom. The van der Waals surface area contributed by atoms with E-state index in [4.69, 9.17) is 4.74 Å². The van der Waals surface area contributed by atoms with Crippen LogP contribution in [-0.4, -0.2) is 65.8 Å². The van der Waals surface area contributed by atoms with E-state index in [2.05, 4.69) is 35.4 Å². The lowest BCUT2D eigenvalue weighted by atomic mass is 10.00. The Morgan fingerprint density at radius 2 is 2.27 bits per heavy atom. The van der Waals surface area contributed by atoms with Crippen LogP contribution in [0.3, 0.4) is 0 Å². The normalized spacial score (nSPS) is 25.0. The molecule has 0 amide bonds. The molecule has 4 rings (SSSR count). The first-order valence-corrected chi connectivity index (χ1v) is 7.77. The molecule has 2 aliphatic rings. The van der Waals surface area contributed by atoms with Crippen molar-refractivity contribution < 1.29 is 4.74 Å². The van der Waals surface area contributed by atoms with Crippen molar-refractivity contribution in [3.8, 4) is 0 Å². The highest BCUT2D eigenvalue weighted by Crippen LogP contribution is 2.30. The van der Waals surface area contributed by atoms with Crippen LogP contribution in [-0.2, 0) is 17.9 Å². The summed E-state index contributed by atoms with van der Waals surface area (Å²) < 4.78 is 9.89. The number of hydrogen-bond donors (Lipinski definition) is 0. The van der Waals surface area contributed by atoms with Crippen LogP contribution >= 0.6 is 0 Å². The third-order valence-electron chi connectivity index (χ3n) is 4.57. The summed E-state index contributed by atoms with van der Waals surface area (Å²) in [6.45, 7) is 6.47. The predicted octanol–water partition coefficient (Wildman–Crippen LogP) is -0.191. The summed E-state index contributed by atoms with van der Waals surface area (Å²) in [5.41, 5.74) is 1.09. The Hall–Kier alpha value is -1.87. The van der Waals surface area contributed by atoms with Gasteiger partial charge in [-0.3, -0.25) is 0 Å². The van der Waals surface area contributed by atoms with Gasteiger partial charge in [0, 0.05) is 26.2 Å². The van der Waals surface area contributed by atoms with Gasteiger partial charge in [-0.1, -0.05) is 5.21 Å². The Balaban J connectivity index is 1.31. The van der Waals surface area contributed by atoms with Gasteiger partial charge in [0.25, 0.3) is 0 Å². The molecule has 1 saturated heterocycles. The molecule has 0 aromatic carbocycles. The van der Waals surface area contributed by atoms with Crippen LogP contribution in [0.4, 0.5) is 0 Å². The number of piperidine rings is 1. The zero-order chi connectivity index (χ0) is 14.9. The summed E-state index contributed by atoms with van der Waals surface area (Å²) in [5.74, 6) is 0.869. The smallest absolute Gasteiger partial charge is 0.148 e. The second kappa shape index (κ2) is 5.73. The van der Waals surface area contributed by atoms with E-state index in [0.717, 1.165) is 50.5 Å². The number of nitrogens with zero attached hydrogens (tertiary/aromatic N) is 8. The van der Waals surface area contributed by atoms with E-state index in [1.165, 1.54) is 0 Å². The van der Waals surface area contributed by atoms with E-state index in [-0.39, 0.29) is 6.10 Å². The van der Waals surface area contributed by atoms with Gasteiger partial charge in [-0.2, -0.15) is 0 Å². The first kappa shape index (κ1) is 13.8. The number of aromatic nitrogens is 7. The molecule has 0 N–H and O–H groups in total. The van der Waals surface area contributed by atoms with Gasteiger partial charge in [-0.05, 0) is 30.2 Å². The van der Waals surface area contributed by atoms with Crippen molar-refractivity contribution in [1.82, 2.24) is 40.1 Å². The number of fused-ring (bicyclic) bond motifs is 3. The van der Waals surface area contributed by atoms with Gasteiger partial charge in [-0.25, -0.2) is 9.36 Å². The van der Waals surface area contributed by atoms with Crippen molar-refractivity contribution >= 4 is 0 Å². The van der Waals surface area contributed by atoms with E-state index in [0.29, 0.717) is 12.6 Å². The van der Waals surface area contributed by atoms with Crippen LogP contribution in [0.5, 0.6) is 0 Å². The summed E-state index contributed by atoms with van der Waals surface area (Å²) in [5, 5.41) is 19.8. The van der Waals surface area contributed by atoms with Crippen LogP contribution in [0, 0.1) is 6.92 Å². The lowest BCUT2D eigenvalue weighted by Crippen LogP contribution is -2.48. The minimum Gasteiger partial charge on any atom is -0.368 e. The maximum absolute atomic E-state index is 5.99. The predicted molar refractivity (Wildman–Crippen MR) is 75.9 cm³/mol. The van der Waals surface area contributed by atoms with Crippen LogP contribution < -0.4 is 0 Å². The molecule has 2 atom stereocenters. The van der Waals surface area contributed by atoms with Crippen LogP contribution in [0.2, 0.25) is 0 Å². The number of tetrazole rings is 1. The highest BCUT2D eigenvalue weighted by atomic mass is 16.5. The summed E-state index contributed by atoms with van der Waals surface area (Å²) in [6, 6.07) is 0.337. The number of rotatable bonds is 4. The van der Waals surface area contributed by atoms with Gasteiger partial charge in [0.1, 0.15) is 5.82 Å². The quantitative estimate of drug-likeness (QED) is 0.773. The van der Waals surface area contributed by atoms with Crippen molar-refractivity contribution in [2.45, 2.75) is 45.1 Å². The zero-order valence-electron chi connectivity index (χ0n) is 12.7. The lowest BCUT2D eigenvalue weighted by Gasteiger charge is -2.41. The molecule has 1 fully saturated rings. The molecule has 0 spiro atoms. The molecule has 2 aromatic heterocycles. The Morgan fingerprint density at radius 3 is 3.14 bits per heavy atom. The molecule has 2 aliphatic heterocycles. The first-order chi connectivity index (χ1) is 10.8. The van der Waals surface area contributed by atoms with Crippen molar-refractivity contribution in [2.75, 3.05) is 19.6 Å². The fourth-order valence-electron chi connectivity index (χ4n) is 3.35. The van der Waals surface area contributed by atoms with Gasteiger partial charge in [0.2, 0.25) is 0 Å². The Bertz CT molecular complexity index is 638. The maximum atomic E-state index is 5.99. The van der Waals surface area contributed by atoms with E-state index in [9.17, 15) is 0 Å². The number of hydrogen-bond acceptors (Lipinski definition) is 7. The summed E-state index contributed by atoms with van der Waals surface area (Å²) in [7, 11) is 0. The average molecular weight is 304 g/mol. The van der Waals surface area contributed by atoms with E-state index in [1.807, 2.05) is 11.6 Å². The second-order valence-corrected chi connectivity index (χ2v) is 5.98. The van der Waals surface area contributed by atoms with Gasteiger partial charge < -0.3 is 9.64 Å². The van der Waals surface area contributed by atoms with Crippen molar-refractivity contribution in [1.29, 1.82) is 0 Å². The summed E-state index contributed by atoms with van der Waals surface area (Å²) in [4.78, 5) is 2.46. The highest BCUT2D eigenvalue weighted by Gasteiger charge is 2.35. The molecule has 0 unspecified atom stereocenters. The molecule has 0 saturated carbocycles. The number of aryl methyl sites for hydroxylation is 2. The van der Waals surface area contributed by atoms with Crippen LogP contribution in [0.1, 0.15) is 30.4 Å². The highest BCUT2D eigenvalue weighted by molar-refractivity contribution is 5.00. The van der Waals surface area contributed by atoms with E-state index >= 15 is 0 Å². The minimum absolute atomic E-state index is 0.220. The zero-order valence-corrected chi connectivity index (χ0v) is 12.7.